The summed E-state index contributed by atoms with van der Waals surface area (Å²) in [5, 5.41) is 2.93. The second-order valence-electron chi connectivity index (χ2n) is 6.93. The Hall–Kier alpha value is -1.10. The maximum atomic E-state index is 12.7. The van der Waals surface area contributed by atoms with Crippen molar-refractivity contribution in [1.82, 2.24) is 10.2 Å². The zero-order chi connectivity index (χ0) is 14.4. The molecule has 0 aromatic rings. The molecule has 1 aliphatic heterocycles. The van der Waals surface area contributed by atoms with Crippen molar-refractivity contribution in [2.75, 3.05) is 26.8 Å². The highest BCUT2D eigenvalue weighted by atomic mass is 16.5. The number of ether oxygens (including phenoxy) is 1. The van der Waals surface area contributed by atoms with Gasteiger partial charge in [-0.05, 0) is 50.4 Å². The fraction of sp³-hybridized carbons (Fsp3) is 0.867. The van der Waals surface area contributed by atoms with Gasteiger partial charge in [-0.15, -0.1) is 0 Å². The molecule has 0 aromatic carbocycles. The minimum Gasteiger partial charge on any atom is -0.385 e. The summed E-state index contributed by atoms with van der Waals surface area (Å²) in [6, 6.07) is 0. The summed E-state index contributed by atoms with van der Waals surface area (Å²) in [6.07, 6.45) is 5.36. The van der Waals surface area contributed by atoms with Crippen molar-refractivity contribution in [3.63, 3.8) is 0 Å². The van der Waals surface area contributed by atoms with Crippen molar-refractivity contribution in [2.24, 2.45) is 11.3 Å². The highest BCUT2D eigenvalue weighted by Crippen LogP contribution is 2.50. The van der Waals surface area contributed by atoms with Crippen LogP contribution in [0.4, 0.5) is 0 Å². The average molecular weight is 280 g/mol. The number of hydrogen-bond acceptors (Lipinski definition) is 3. The van der Waals surface area contributed by atoms with Crippen LogP contribution < -0.4 is 5.32 Å². The molecule has 20 heavy (non-hydrogen) atoms. The van der Waals surface area contributed by atoms with E-state index in [0.717, 1.165) is 38.7 Å². The fourth-order valence-corrected chi connectivity index (χ4v) is 3.41. The van der Waals surface area contributed by atoms with Crippen LogP contribution in [0.1, 0.15) is 39.0 Å². The molecule has 0 bridgehead atoms. The molecule has 1 atom stereocenters. The van der Waals surface area contributed by atoms with Crippen LogP contribution in [0.3, 0.4) is 0 Å². The molecule has 3 fully saturated rings. The molecule has 3 aliphatic rings. The largest absolute Gasteiger partial charge is 0.385 e. The Morgan fingerprint density at radius 3 is 2.60 bits per heavy atom. The Morgan fingerprint density at radius 1 is 1.35 bits per heavy atom. The van der Waals surface area contributed by atoms with Crippen LogP contribution in [-0.2, 0) is 14.3 Å². The lowest BCUT2D eigenvalue weighted by atomic mass is 9.90. The average Bonchev–Trinajstić information content (AvgIpc) is 3.27. The van der Waals surface area contributed by atoms with Gasteiger partial charge in [0.15, 0.2) is 0 Å². The van der Waals surface area contributed by atoms with E-state index in [9.17, 15) is 9.59 Å². The summed E-state index contributed by atoms with van der Waals surface area (Å²) < 4.78 is 5.16. The molecule has 0 radical (unpaired) electrons. The number of rotatable bonds is 6. The number of hydrogen-bond donors (Lipinski definition) is 1. The lowest BCUT2D eigenvalue weighted by molar-refractivity contribution is -0.151. The van der Waals surface area contributed by atoms with E-state index in [1.54, 1.807) is 12.0 Å². The minimum absolute atomic E-state index is 0.0125. The second-order valence-corrected chi connectivity index (χ2v) is 6.93. The van der Waals surface area contributed by atoms with Gasteiger partial charge in [-0.3, -0.25) is 9.59 Å². The smallest absolute Gasteiger partial charge is 0.248 e. The van der Waals surface area contributed by atoms with Crippen LogP contribution >= 0.6 is 0 Å². The Morgan fingerprint density at radius 2 is 2.05 bits per heavy atom. The van der Waals surface area contributed by atoms with Gasteiger partial charge in [0.2, 0.25) is 11.8 Å². The Bertz CT molecular complexity index is 429. The van der Waals surface area contributed by atoms with Crippen molar-refractivity contribution < 1.29 is 14.3 Å². The zero-order valence-corrected chi connectivity index (χ0v) is 12.4. The van der Waals surface area contributed by atoms with E-state index in [1.807, 2.05) is 6.92 Å². The predicted octanol–water partition coefficient (Wildman–Crippen LogP) is 0.930. The van der Waals surface area contributed by atoms with E-state index in [2.05, 4.69) is 5.32 Å². The summed E-state index contributed by atoms with van der Waals surface area (Å²) in [4.78, 5) is 26.5. The molecule has 112 valence electrons. The number of amides is 2. The van der Waals surface area contributed by atoms with Crippen molar-refractivity contribution in [3.05, 3.63) is 0 Å². The molecule has 0 aromatic heterocycles. The number of carbonyl (C=O) groups excluding carboxylic acids is 2. The normalized spacial score (nSPS) is 32.2. The maximum absolute atomic E-state index is 12.7. The molecule has 2 amide bonds. The molecule has 3 rings (SSSR count). The molecule has 2 aliphatic carbocycles. The lowest BCUT2D eigenvalue weighted by Crippen LogP contribution is -2.67. The van der Waals surface area contributed by atoms with E-state index < -0.39 is 5.54 Å². The lowest BCUT2D eigenvalue weighted by Gasteiger charge is -2.41. The summed E-state index contributed by atoms with van der Waals surface area (Å²) in [6.45, 7) is 3.56. The van der Waals surface area contributed by atoms with E-state index in [-0.39, 0.29) is 23.8 Å². The third-order valence-corrected chi connectivity index (χ3v) is 5.18. The van der Waals surface area contributed by atoms with Crippen molar-refractivity contribution in [1.29, 1.82) is 0 Å². The summed E-state index contributed by atoms with van der Waals surface area (Å²) in [7, 11) is 1.71. The van der Waals surface area contributed by atoms with Gasteiger partial charge in [-0.2, -0.15) is 0 Å². The van der Waals surface area contributed by atoms with Crippen LogP contribution in [0, 0.1) is 11.3 Å². The number of piperazine rings is 1. The number of nitrogens with one attached hydrogen (secondary N) is 1. The van der Waals surface area contributed by atoms with E-state index in [1.165, 1.54) is 0 Å². The van der Waals surface area contributed by atoms with Gasteiger partial charge in [0.1, 0.15) is 5.54 Å². The Labute approximate surface area is 120 Å². The summed E-state index contributed by atoms with van der Waals surface area (Å²) in [5.41, 5.74) is -0.458. The van der Waals surface area contributed by atoms with Gasteiger partial charge in [0.05, 0.1) is 6.54 Å². The molecule has 5 nitrogen and oxygen atoms in total. The van der Waals surface area contributed by atoms with Gasteiger partial charge < -0.3 is 15.0 Å². The van der Waals surface area contributed by atoms with Gasteiger partial charge in [-0.25, -0.2) is 0 Å². The van der Waals surface area contributed by atoms with Crippen LogP contribution in [0.15, 0.2) is 0 Å². The van der Waals surface area contributed by atoms with Crippen LogP contribution in [0.25, 0.3) is 0 Å². The molecular formula is C15H24N2O3. The standard InChI is InChI=1S/C15H24N2O3/c1-14(11-3-4-11)13(19)17(9-12(18)16-14)10-15(5-6-15)7-8-20-2/h11H,3-10H2,1-2H3,(H,16,18). The molecule has 2 saturated carbocycles. The Kier molecular flexibility index (Phi) is 3.27. The van der Waals surface area contributed by atoms with E-state index in [0.29, 0.717) is 12.5 Å². The van der Waals surface area contributed by atoms with Crippen molar-refractivity contribution in [2.45, 2.75) is 44.6 Å². The SMILES string of the molecule is COCCC1(CN2CC(=O)NC(C)(C3CC3)C2=O)CC1. The second kappa shape index (κ2) is 4.72. The van der Waals surface area contributed by atoms with Crippen LogP contribution in [0.2, 0.25) is 0 Å². The minimum atomic E-state index is -0.660. The quantitative estimate of drug-likeness (QED) is 0.787. The zero-order valence-electron chi connectivity index (χ0n) is 12.4. The summed E-state index contributed by atoms with van der Waals surface area (Å²) in [5.74, 6) is 0.431. The third-order valence-electron chi connectivity index (χ3n) is 5.18. The molecule has 1 unspecified atom stereocenters. The molecule has 5 heteroatoms. The first-order chi connectivity index (χ1) is 9.49. The monoisotopic (exact) mass is 280 g/mol. The first-order valence-corrected chi connectivity index (χ1v) is 7.58. The van der Waals surface area contributed by atoms with Crippen molar-refractivity contribution in [3.8, 4) is 0 Å². The van der Waals surface area contributed by atoms with Gasteiger partial charge >= 0.3 is 0 Å². The molecular weight excluding hydrogens is 256 g/mol. The number of carbonyl (C=O) groups is 2. The molecule has 0 spiro atoms. The highest BCUT2D eigenvalue weighted by molar-refractivity contribution is 5.98. The fourth-order valence-electron chi connectivity index (χ4n) is 3.41. The highest BCUT2D eigenvalue weighted by Gasteiger charge is 2.54. The predicted molar refractivity (Wildman–Crippen MR) is 74.0 cm³/mol. The van der Waals surface area contributed by atoms with Gasteiger partial charge in [0, 0.05) is 20.3 Å². The van der Waals surface area contributed by atoms with E-state index in [4.69, 9.17) is 4.74 Å². The van der Waals surface area contributed by atoms with Crippen LogP contribution in [-0.4, -0.2) is 49.1 Å². The first-order valence-electron chi connectivity index (χ1n) is 7.58. The van der Waals surface area contributed by atoms with Crippen molar-refractivity contribution >= 4 is 11.8 Å². The number of nitrogens with zero attached hydrogens (tertiary/aromatic N) is 1. The van der Waals surface area contributed by atoms with Crippen LogP contribution in [0.5, 0.6) is 0 Å². The van der Waals surface area contributed by atoms with E-state index >= 15 is 0 Å². The molecule has 1 saturated heterocycles. The van der Waals surface area contributed by atoms with Gasteiger partial charge in [0.25, 0.3) is 0 Å². The summed E-state index contributed by atoms with van der Waals surface area (Å²) >= 11 is 0. The molecule has 1 N–H and O–H groups in total. The van der Waals surface area contributed by atoms with Gasteiger partial charge in [-0.1, -0.05) is 0 Å². The number of methoxy groups -OCH3 is 1. The molecule has 1 heterocycles. The Balaban J connectivity index is 1.69. The topological polar surface area (TPSA) is 58.6 Å². The third kappa shape index (κ3) is 2.43. The first kappa shape index (κ1) is 13.9. The maximum Gasteiger partial charge on any atom is 0.248 e.